The van der Waals surface area contributed by atoms with E-state index in [-0.39, 0.29) is 0 Å². The fourth-order valence-electron chi connectivity index (χ4n) is 1.95. The summed E-state index contributed by atoms with van der Waals surface area (Å²) in [7, 11) is 0. The molecule has 1 heterocycles. The van der Waals surface area contributed by atoms with E-state index in [1.165, 1.54) is 0 Å². The lowest BCUT2D eigenvalue weighted by molar-refractivity contribution is -0.445. The third-order valence-corrected chi connectivity index (χ3v) is 4.16. The number of hydrogen-bond donors (Lipinski definition) is 1. The monoisotopic (exact) mass is 556 g/mol. The van der Waals surface area contributed by atoms with Gasteiger partial charge in [-0.15, -0.1) is 0 Å². The third-order valence-electron chi connectivity index (χ3n) is 3.93. The molecule has 0 saturated heterocycles. The number of carbonyl (C=O) groups is 1. The molecule has 0 aromatic carbocycles. The first-order chi connectivity index (χ1) is 14.7. The number of hydrogen-bond acceptors (Lipinski definition) is 2. The molecule has 0 spiro atoms. The van der Waals surface area contributed by atoms with Crippen molar-refractivity contribution in [2.24, 2.45) is 0 Å². The molecule has 1 amide bonds. The van der Waals surface area contributed by atoms with Gasteiger partial charge in [0.15, 0.2) is 0 Å². The Morgan fingerprint density at radius 3 is 1.41 bits per heavy atom. The molecule has 0 saturated carbocycles. The minimum absolute atomic E-state index is 0.405. The first-order valence-corrected chi connectivity index (χ1v) is 8.06. The number of pyridine rings is 1. The van der Waals surface area contributed by atoms with Gasteiger partial charge < -0.3 is 5.32 Å². The predicted octanol–water partition coefficient (Wildman–Crippen LogP) is 6.30. The van der Waals surface area contributed by atoms with Crippen LogP contribution < -0.4 is 5.32 Å². The second-order valence-electron chi connectivity index (χ2n) is 6.21. The normalized spacial score (nSPS) is 15.3. The van der Waals surface area contributed by atoms with Crippen LogP contribution in [0.2, 0.25) is 0 Å². The molecule has 1 rings (SSSR count). The van der Waals surface area contributed by atoms with Gasteiger partial charge in [-0.05, 0) is 23.7 Å². The van der Waals surface area contributed by atoms with Crippen LogP contribution in [0.25, 0.3) is 0 Å². The van der Waals surface area contributed by atoms with Gasteiger partial charge in [0.05, 0.1) is 11.9 Å². The third kappa shape index (κ3) is 3.98. The Balaban J connectivity index is 3.57. The van der Waals surface area contributed by atoms with Crippen LogP contribution in [-0.2, 0) is 4.79 Å². The summed E-state index contributed by atoms with van der Waals surface area (Å²) in [6.07, 6.45) is 1.29. The first-order valence-electron chi connectivity index (χ1n) is 7.68. The molecule has 0 bridgehead atoms. The zero-order valence-electron chi connectivity index (χ0n) is 15.1. The molecule has 0 radical (unpaired) electrons. The van der Waals surface area contributed by atoms with Gasteiger partial charge in [-0.2, -0.15) is 70.2 Å². The van der Waals surface area contributed by atoms with Crippen LogP contribution in [0.5, 0.6) is 0 Å². The van der Waals surface area contributed by atoms with Gasteiger partial charge >= 0.3 is 52.7 Å². The van der Waals surface area contributed by atoms with E-state index in [0.29, 0.717) is 12.3 Å². The zero-order valence-corrected chi connectivity index (χ0v) is 15.8. The van der Waals surface area contributed by atoms with Crippen LogP contribution >= 0.6 is 11.6 Å². The summed E-state index contributed by atoms with van der Waals surface area (Å²) in [6, 6.07) is 1.42. The minimum atomic E-state index is -8.63. The lowest BCUT2D eigenvalue weighted by atomic mass is 9.89. The van der Waals surface area contributed by atoms with Crippen molar-refractivity contribution in [1.82, 2.24) is 4.98 Å². The van der Waals surface area contributed by atoms with Gasteiger partial charge in [0, 0.05) is 6.20 Å². The fourth-order valence-corrected chi connectivity index (χ4v) is 2.07. The van der Waals surface area contributed by atoms with Crippen molar-refractivity contribution in [3.63, 3.8) is 0 Å². The zero-order chi connectivity index (χ0) is 27.4. The Morgan fingerprint density at radius 1 is 0.676 bits per heavy atom. The lowest BCUT2D eigenvalue weighted by Gasteiger charge is -2.42. The molecule has 1 N–H and O–H groups in total. The maximum Gasteiger partial charge on any atom is 0.393 e. The molecule has 1 aromatic heterocycles. The van der Waals surface area contributed by atoms with Crippen molar-refractivity contribution >= 4 is 23.2 Å². The van der Waals surface area contributed by atoms with Crippen LogP contribution in [0, 0.1) is 0 Å². The summed E-state index contributed by atoms with van der Waals surface area (Å²) < 4.78 is 213. The Labute approximate surface area is 181 Å². The van der Waals surface area contributed by atoms with E-state index >= 15 is 0 Å². The second-order valence-corrected chi connectivity index (χ2v) is 6.69. The number of rotatable bonds is 9. The smallest absolute Gasteiger partial charge is 0.319 e. The van der Waals surface area contributed by atoms with Crippen LogP contribution in [-0.4, -0.2) is 57.7 Å². The van der Waals surface area contributed by atoms with Crippen LogP contribution in [0.3, 0.4) is 0 Å². The highest BCUT2D eigenvalue weighted by Crippen LogP contribution is 2.64. The summed E-state index contributed by atoms with van der Waals surface area (Å²) in [5, 5.41) is -6.12. The van der Waals surface area contributed by atoms with Crippen molar-refractivity contribution in [3.05, 3.63) is 24.5 Å². The first kappa shape index (κ1) is 29.8. The second kappa shape index (κ2) is 8.18. The average Bonchev–Trinajstić information content (AvgIpc) is 2.66. The number of halogens is 17. The van der Waals surface area contributed by atoms with Gasteiger partial charge in [0.2, 0.25) is 0 Å². The molecule has 0 atom stereocenters. The van der Waals surface area contributed by atoms with Gasteiger partial charge in [0.25, 0.3) is 0 Å². The van der Waals surface area contributed by atoms with Crippen molar-refractivity contribution < 1.29 is 75.0 Å². The largest absolute Gasteiger partial charge is 0.393 e. The molecule has 0 aliphatic carbocycles. The molecule has 20 heteroatoms. The fraction of sp³-hybridized carbons (Fsp3) is 0.571. The van der Waals surface area contributed by atoms with Gasteiger partial charge in [-0.3, -0.25) is 9.78 Å². The van der Waals surface area contributed by atoms with E-state index in [1.807, 2.05) is 0 Å². The number of anilines is 1. The maximum atomic E-state index is 13.7. The van der Waals surface area contributed by atoms with Gasteiger partial charge in [-0.1, -0.05) is 0 Å². The average molecular weight is 557 g/mol. The van der Waals surface area contributed by atoms with Crippen molar-refractivity contribution in [1.29, 1.82) is 0 Å². The predicted molar refractivity (Wildman–Crippen MR) is 78.3 cm³/mol. The molecule has 1 aromatic rings. The molecule has 0 aliphatic rings. The molecule has 196 valence electrons. The van der Waals surface area contributed by atoms with Crippen LogP contribution in [0.15, 0.2) is 24.5 Å². The summed E-state index contributed by atoms with van der Waals surface area (Å²) in [5.41, 5.74) is -0.973. The van der Waals surface area contributed by atoms with Crippen LogP contribution in [0.4, 0.5) is 75.9 Å². The molecule has 3 nitrogen and oxygen atoms in total. The summed E-state index contributed by atoms with van der Waals surface area (Å²) >= 11 is 3.41. The van der Waals surface area contributed by atoms with E-state index in [4.69, 9.17) is 0 Å². The molecule has 0 fully saturated rings. The highest BCUT2D eigenvalue weighted by Gasteiger charge is 2.95. The van der Waals surface area contributed by atoms with E-state index in [2.05, 4.69) is 16.6 Å². The highest BCUT2D eigenvalue weighted by molar-refractivity contribution is 6.22. The van der Waals surface area contributed by atoms with E-state index in [1.54, 1.807) is 0 Å². The van der Waals surface area contributed by atoms with Crippen molar-refractivity contribution in [3.8, 4) is 0 Å². The molecule has 34 heavy (non-hydrogen) atoms. The maximum absolute atomic E-state index is 13.7. The number of alkyl halides is 17. The highest BCUT2D eigenvalue weighted by atomic mass is 35.5. The number of nitrogens with zero attached hydrogens (tertiary/aromatic N) is 1. The van der Waals surface area contributed by atoms with E-state index in [9.17, 15) is 75.0 Å². The number of carbonyl (C=O) groups excluding carboxylic acids is 1. The van der Waals surface area contributed by atoms with Crippen LogP contribution in [0.1, 0.15) is 0 Å². The SMILES string of the molecule is O=C(Nc1cccnc1)C(F)(F)C(F)(F)C(F)(F)C(F)(F)C(F)(F)C(F)(F)C(F)(F)C(F)(F)Cl. The number of nitrogens with one attached hydrogen (secondary N) is 1. The topological polar surface area (TPSA) is 42.0 Å². The van der Waals surface area contributed by atoms with Crippen molar-refractivity contribution in [2.45, 2.75) is 46.8 Å². The minimum Gasteiger partial charge on any atom is -0.319 e. The van der Waals surface area contributed by atoms with Crippen molar-refractivity contribution in [2.75, 3.05) is 5.32 Å². The summed E-state index contributed by atoms with van der Waals surface area (Å²) in [4.78, 5) is 14.4. The standard InChI is InChI=1S/C14H5ClF16N2O/c15-14(30,31)13(28,29)12(26,27)11(24,25)10(22,23)9(20,21)8(18,19)7(16,17)6(34)33-5-2-1-3-32-4-5/h1-4H,(H,33,34). The van der Waals surface area contributed by atoms with Gasteiger partial charge in [-0.25, -0.2) is 0 Å². The summed E-state index contributed by atoms with van der Waals surface area (Å²) in [5.74, 6) is -60.6. The number of amides is 1. The Hall–Kier alpha value is -2.21. The lowest BCUT2D eigenvalue weighted by Crippen LogP contribution is -2.75. The summed E-state index contributed by atoms with van der Waals surface area (Å²) in [6.45, 7) is 0. The molecule has 0 aliphatic heterocycles. The Bertz CT molecular complexity index is 899. The molecule has 0 unspecified atom stereocenters. The quantitative estimate of drug-likeness (QED) is 0.287. The van der Waals surface area contributed by atoms with Gasteiger partial charge in [0.1, 0.15) is 0 Å². The molecular formula is C14H5ClF16N2O. The Kier molecular flexibility index (Phi) is 7.18. The number of aromatic nitrogens is 1. The molecular weight excluding hydrogens is 552 g/mol. The van der Waals surface area contributed by atoms with E-state index < -0.39 is 58.4 Å². The Morgan fingerprint density at radius 2 is 1.06 bits per heavy atom. The van der Waals surface area contributed by atoms with E-state index in [0.717, 1.165) is 17.6 Å².